The van der Waals surface area contributed by atoms with Crippen LogP contribution in [0.3, 0.4) is 0 Å². The summed E-state index contributed by atoms with van der Waals surface area (Å²) in [6.07, 6.45) is 11.5. The molecule has 0 spiro atoms. The molecule has 4 heteroatoms. The van der Waals surface area contributed by atoms with Gasteiger partial charge in [-0.15, -0.1) is 0 Å². The largest absolute Gasteiger partial charge is 0.489 e. The van der Waals surface area contributed by atoms with Gasteiger partial charge in [0, 0.05) is 30.1 Å². The van der Waals surface area contributed by atoms with Gasteiger partial charge in [-0.3, -0.25) is 9.78 Å². The highest BCUT2D eigenvalue weighted by Gasteiger charge is 2.39. The van der Waals surface area contributed by atoms with Gasteiger partial charge in [0.05, 0.1) is 6.04 Å². The van der Waals surface area contributed by atoms with Crippen LogP contribution in [0.5, 0.6) is 5.75 Å². The van der Waals surface area contributed by atoms with Crippen molar-refractivity contribution in [2.45, 2.75) is 44.4 Å². The Labute approximate surface area is 183 Å². The summed E-state index contributed by atoms with van der Waals surface area (Å²) in [5, 5.41) is 0. The molecular formula is C27H26N2O2. The third-order valence-electron chi connectivity index (χ3n) is 6.06. The first kappa shape index (κ1) is 19.6. The van der Waals surface area contributed by atoms with Crippen molar-refractivity contribution >= 4 is 12.0 Å². The van der Waals surface area contributed by atoms with Crippen LogP contribution in [0.15, 0.2) is 79.1 Å². The lowest BCUT2D eigenvalue weighted by Gasteiger charge is -2.29. The average Bonchev–Trinajstić information content (AvgIpc) is 3.57. The fourth-order valence-corrected chi connectivity index (χ4v) is 4.34. The molecule has 0 radical (unpaired) electrons. The number of nitrogens with zero attached hydrogens (tertiary/aromatic N) is 2. The van der Waals surface area contributed by atoms with Gasteiger partial charge in [0.15, 0.2) is 0 Å². The lowest BCUT2D eigenvalue weighted by atomic mass is 10.1. The number of carbonyl (C=O) groups excluding carboxylic acids is 1. The maximum atomic E-state index is 13.1. The maximum Gasteiger partial charge on any atom is 0.247 e. The molecule has 0 saturated heterocycles. The van der Waals surface area contributed by atoms with E-state index in [-0.39, 0.29) is 11.9 Å². The minimum absolute atomic E-state index is 0.112. The molecule has 2 aliphatic carbocycles. The van der Waals surface area contributed by atoms with Crippen molar-refractivity contribution in [1.29, 1.82) is 0 Å². The standard InChI is InChI=1S/C27H26N2O2/c30-27(29(23-11-12-23)26-15-10-22-5-1-2-6-25(22)26)16-9-20-7-13-24(14-8-20)31-19-21-4-3-17-28-18-21/h1-9,13-14,16-18,23,26H,10-12,15,19H2/b16-9+. The molecule has 156 valence electrons. The van der Waals surface area contributed by atoms with Crippen LogP contribution in [0.2, 0.25) is 0 Å². The van der Waals surface area contributed by atoms with Crippen molar-refractivity contribution in [3.63, 3.8) is 0 Å². The van der Waals surface area contributed by atoms with E-state index < -0.39 is 0 Å². The van der Waals surface area contributed by atoms with E-state index in [1.807, 2.05) is 42.5 Å². The normalized spacial score (nSPS) is 17.5. The number of carbonyl (C=O) groups is 1. The molecule has 1 amide bonds. The van der Waals surface area contributed by atoms with Crippen LogP contribution in [-0.2, 0) is 17.8 Å². The Morgan fingerprint density at radius 2 is 1.87 bits per heavy atom. The van der Waals surface area contributed by atoms with Crippen LogP contribution in [0.25, 0.3) is 6.08 Å². The number of hydrogen-bond donors (Lipinski definition) is 0. The molecule has 1 aromatic heterocycles. The third kappa shape index (κ3) is 4.53. The summed E-state index contributed by atoms with van der Waals surface area (Å²) in [6.45, 7) is 0.487. The molecule has 2 aliphatic rings. The smallest absolute Gasteiger partial charge is 0.247 e. The van der Waals surface area contributed by atoms with Crippen LogP contribution < -0.4 is 4.74 Å². The second kappa shape index (κ2) is 8.76. The molecule has 1 fully saturated rings. The van der Waals surface area contributed by atoms with Gasteiger partial charge in [0.25, 0.3) is 0 Å². The average molecular weight is 411 g/mol. The van der Waals surface area contributed by atoms with E-state index in [9.17, 15) is 4.79 Å². The number of benzene rings is 2. The maximum absolute atomic E-state index is 13.1. The highest BCUT2D eigenvalue weighted by Crippen LogP contribution is 2.41. The van der Waals surface area contributed by atoms with Crippen molar-refractivity contribution in [3.8, 4) is 5.75 Å². The summed E-state index contributed by atoms with van der Waals surface area (Å²) in [5.41, 5.74) is 4.73. The number of aromatic nitrogens is 1. The molecule has 1 unspecified atom stereocenters. The fourth-order valence-electron chi connectivity index (χ4n) is 4.34. The number of hydrogen-bond acceptors (Lipinski definition) is 3. The van der Waals surface area contributed by atoms with Crippen molar-refractivity contribution < 1.29 is 9.53 Å². The van der Waals surface area contributed by atoms with Crippen molar-refractivity contribution in [3.05, 3.63) is 101 Å². The Hall–Kier alpha value is -3.40. The van der Waals surface area contributed by atoms with Gasteiger partial charge in [-0.25, -0.2) is 0 Å². The summed E-state index contributed by atoms with van der Waals surface area (Å²) in [5.74, 6) is 0.913. The molecule has 4 nitrogen and oxygen atoms in total. The first-order chi connectivity index (χ1) is 15.3. The molecule has 0 aliphatic heterocycles. The number of pyridine rings is 1. The minimum atomic E-state index is 0.112. The first-order valence-corrected chi connectivity index (χ1v) is 11.0. The van der Waals surface area contributed by atoms with Crippen molar-refractivity contribution in [2.75, 3.05) is 0 Å². The number of aryl methyl sites for hydroxylation is 1. The van der Waals surface area contributed by atoms with E-state index >= 15 is 0 Å². The lowest BCUT2D eigenvalue weighted by molar-refractivity contribution is -0.129. The van der Waals surface area contributed by atoms with E-state index in [0.717, 1.165) is 42.6 Å². The Bertz CT molecular complexity index is 1070. The van der Waals surface area contributed by atoms with Crippen LogP contribution in [0.1, 0.15) is 47.6 Å². The van der Waals surface area contributed by atoms with Gasteiger partial charge >= 0.3 is 0 Å². The molecule has 3 aromatic rings. The summed E-state index contributed by atoms with van der Waals surface area (Å²) in [6, 6.07) is 20.9. The molecule has 5 rings (SSSR count). The topological polar surface area (TPSA) is 42.4 Å². The van der Waals surface area contributed by atoms with Gasteiger partial charge < -0.3 is 9.64 Å². The predicted molar refractivity (Wildman–Crippen MR) is 121 cm³/mol. The number of ether oxygens (including phenoxy) is 1. The molecule has 31 heavy (non-hydrogen) atoms. The minimum Gasteiger partial charge on any atom is -0.489 e. The quantitative estimate of drug-likeness (QED) is 0.493. The van der Waals surface area contributed by atoms with Gasteiger partial charge in [-0.2, -0.15) is 0 Å². The second-order valence-corrected chi connectivity index (χ2v) is 8.28. The Kier molecular flexibility index (Phi) is 5.53. The molecule has 0 bridgehead atoms. The van der Waals surface area contributed by atoms with E-state index in [0.29, 0.717) is 12.6 Å². The Balaban J connectivity index is 1.23. The summed E-state index contributed by atoms with van der Waals surface area (Å²) < 4.78 is 5.81. The lowest BCUT2D eigenvalue weighted by Crippen LogP contribution is -2.34. The highest BCUT2D eigenvalue weighted by molar-refractivity contribution is 5.92. The number of rotatable bonds is 7. The third-order valence-corrected chi connectivity index (χ3v) is 6.06. The number of fused-ring (bicyclic) bond motifs is 1. The summed E-state index contributed by atoms with van der Waals surface area (Å²) in [7, 11) is 0. The van der Waals surface area contributed by atoms with Gasteiger partial charge in [-0.1, -0.05) is 42.5 Å². The molecule has 1 saturated carbocycles. The van der Waals surface area contributed by atoms with E-state index in [1.54, 1.807) is 18.5 Å². The fraction of sp³-hybridized carbons (Fsp3) is 0.259. The molecule has 1 heterocycles. The van der Waals surface area contributed by atoms with Gasteiger partial charge in [0.2, 0.25) is 5.91 Å². The van der Waals surface area contributed by atoms with E-state index in [2.05, 4.69) is 34.1 Å². The SMILES string of the molecule is O=C(/C=C/c1ccc(OCc2cccnc2)cc1)N(C1CC1)C1CCc2ccccc21. The molecule has 0 N–H and O–H groups in total. The van der Waals surface area contributed by atoms with Crippen molar-refractivity contribution in [2.24, 2.45) is 0 Å². The summed E-state index contributed by atoms with van der Waals surface area (Å²) in [4.78, 5) is 19.3. The van der Waals surface area contributed by atoms with Crippen LogP contribution in [0.4, 0.5) is 0 Å². The zero-order valence-corrected chi connectivity index (χ0v) is 17.5. The zero-order valence-electron chi connectivity index (χ0n) is 17.5. The highest BCUT2D eigenvalue weighted by atomic mass is 16.5. The molecule has 1 atom stereocenters. The van der Waals surface area contributed by atoms with Crippen LogP contribution in [-0.4, -0.2) is 21.8 Å². The first-order valence-electron chi connectivity index (χ1n) is 11.0. The van der Waals surface area contributed by atoms with E-state index in [1.165, 1.54) is 11.1 Å². The predicted octanol–water partition coefficient (Wildman–Crippen LogP) is 5.35. The Morgan fingerprint density at radius 3 is 2.65 bits per heavy atom. The van der Waals surface area contributed by atoms with E-state index in [4.69, 9.17) is 4.74 Å². The van der Waals surface area contributed by atoms with Crippen LogP contribution >= 0.6 is 0 Å². The second-order valence-electron chi connectivity index (χ2n) is 8.28. The molecular weight excluding hydrogens is 384 g/mol. The van der Waals surface area contributed by atoms with Crippen molar-refractivity contribution in [1.82, 2.24) is 9.88 Å². The van der Waals surface area contributed by atoms with Crippen LogP contribution in [0, 0.1) is 0 Å². The molecule has 2 aromatic carbocycles. The summed E-state index contributed by atoms with van der Waals surface area (Å²) >= 11 is 0. The monoisotopic (exact) mass is 410 g/mol. The zero-order chi connectivity index (χ0) is 21.0. The van der Waals surface area contributed by atoms with Gasteiger partial charge in [0.1, 0.15) is 12.4 Å². The number of amides is 1. The van der Waals surface area contributed by atoms with Gasteiger partial charge in [-0.05, 0) is 66.6 Å². The Morgan fingerprint density at radius 1 is 1.03 bits per heavy atom.